The van der Waals surface area contributed by atoms with Gasteiger partial charge in [0.25, 0.3) is 11.8 Å². The molecule has 5 heteroatoms. The molecule has 1 heterocycles. The second-order valence-corrected chi connectivity index (χ2v) is 4.77. The minimum Gasteiger partial charge on any atom is -0.465 e. The van der Waals surface area contributed by atoms with Crippen molar-refractivity contribution in [1.29, 1.82) is 0 Å². The summed E-state index contributed by atoms with van der Waals surface area (Å²) < 4.78 is 10.2. The summed E-state index contributed by atoms with van der Waals surface area (Å²) in [5.74, 6) is 0.767. The van der Waals surface area contributed by atoms with Crippen molar-refractivity contribution >= 4 is 11.6 Å². The molecule has 1 aromatic heterocycles. The molecule has 0 fully saturated rings. The van der Waals surface area contributed by atoms with E-state index in [0.29, 0.717) is 11.6 Å². The van der Waals surface area contributed by atoms with E-state index in [0.717, 1.165) is 29.7 Å². The predicted molar refractivity (Wildman–Crippen MR) is 80.6 cm³/mol. The fourth-order valence-corrected chi connectivity index (χ4v) is 2.13. The Morgan fingerprint density at radius 3 is 2.48 bits per heavy atom. The molecule has 2 rings (SSSR count). The average Bonchev–Trinajstić information content (AvgIpc) is 2.91. The predicted octanol–water partition coefficient (Wildman–Crippen LogP) is 3.13. The van der Waals surface area contributed by atoms with Gasteiger partial charge in [0.1, 0.15) is 5.76 Å². The first kappa shape index (κ1) is 15.1. The zero-order chi connectivity index (χ0) is 15.2. The first-order chi connectivity index (χ1) is 10.1. The van der Waals surface area contributed by atoms with Crippen LogP contribution in [0.2, 0.25) is 0 Å². The number of rotatable bonds is 6. The van der Waals surface area contributed by atoms with Crippen molar-refractivity contribution in [2.75, 3.05) is 11.9 Å². The van der Waals surface area contributed by atoms with Gasteiger partial charge in [0.2, 0.25) is 0 Å². The zero-order valence-corrected chi connectivity index (χ0v) is 12.6. The summed E-state index contributed by atoms with van der Waals surface area (Å²) in [5.41, 5.74) is 3.15. The van der Waals surface area contributed by atoms with E-state index in [1.165, 1.54) is 0 Å². The van der Waals surface area contributed by atoms with E-state index in [2.05, 4.69) is 24.3 Å². The standard InChI is InChI=1S/C16H20N2O3/c1-4-12-7-6-8-13(5-2)16(12)17-14(19)10-20-15-9-11(3)21-18-15/h6-9H,4-5,10H2,1-3H3,(H,17,19). The van der Waals surface area contributed by atoms with E-state index in [4.69, 9.17) is 9.26 Å². The van der Waals surface area contributed by atoms with Crippen molar-refractivity contribution in [2.24, 2.45) is 0 Å². The van der Waals surface area contributed by atoms with E-state index < -0.39 is 0 Å². The smallest absolute Gasteiger partial charge is 0.262 e. The van der Waals surface area contributed by atoms with Gasteiger partial charge in [-0.2, -0.15) is 0 Å². The number of ether oxygens (including phenoxy) is 1. The highest BCUT2D eigenvalue weighted by Gasteiger charge is 2.11. The lowest BCUT2D eigenvalue weighted by Crippen LogP contribution is -2.21. The topological polar surface area (TPSA) is 64.4 Å². The molecular formula is C16H20N2O3. The maximum atomic E-state index is 12.0. The lowest BCUT2D eigenvalue weighted by atomic mass is 10.0. The molecule has 112 valence electrons. The molecule has 0 atom stereocenters. The number of aromatic nitrogens is 1. The number of carbonyl (C=O) groups is 1. The number of hydrogen-bond donors (Lipinski definition) is 1. The molecule has 0 aliphatic rings. The van der Waals surface area contributed by atoms with E-state index in [9.17, 15) is 4.79 Å². The highest BCUT2D eigenvalue weighted by Crippen LogP contribution is 2.22. The third-order valence-corrected chi connectivity index (χ3v) is 3.22. The van der Waals surface area contributed by atoms with Gasteiger partial charge in [-0.1, -0.05) is 32.0 Å². The largest absolute Gasteiger partial charge is 0.465 e. The molecule has 1 amide bonds. The van der Waals surface area contributed by atoms with Crippen LogP contribution in [-0.2, 0) is 17.6 Å². The van der Waals surface area contributed by atoms with Crippen LogP contribution in [0.5, 0.6) is 5.88 Å². The van der Waals surface area contributed by atoms with Crippen LogP contribution < -0.4 is 10.1 Å². The number of hydrogen-bond acceptors (Lipinski definition) is 4. The van der Waals surface area contributed by atoms with Crippen molar-refractivity contribution in [3.8, 4) is 5.88 Å². The normalized spacial score (nSPS) is 10.4. The van der Waals surface area contributed by atoms with Crippen LogP contribution in [0.3, 0.4) is 0 Å². The lowest BCUT2D eigenvalue weighted by molar-refractivity contribution is -0.118. The van der Waals surface area contributed by atoms with Gasteiger partial charge in [-0.25, -0.2) is 0 Å². The minimum absolute atomic E-state index is 0.0901. The summed E-state index contributed by atoms with van der Waals surface area (Å²) in [5, 5.41) is 6.62. The van der Waals surface area contributed by atoms with Crippen LogP contribution in [0, 0.1) is 6.92 Å². The highest BCUT2D eigenvalue weighted by molar-refractivity contribution is 5.93. The molecular weight excluding hydrogens is 268 g/mol. The molecule has 0 bridgehead atoms. The van der Waals surface area contributed by atoms with Gasteiger partial charge in [-0.3, -0.25) is 4.79 Å². The molecule has 5 nitrogen and oxygen atoms in total. The van der Waals surface area contributed by atoms with Gasteiger partial charge < -0.3 is 14.6 Å². The Morgan fingerprint density at radius 1 is 1.29 bits per heavy atom. The first-order valence-electron chi connectivity index (χ1n) is 7.10. The number of amides is 1. The average molecular weight is 288 g/mol. The molecule has 1 aromatic carbocycles. The van der Waals surface area contributed by atoms with Crippen molar-refractivity contribution in [3.63, 3.8) is 0 Å². The van der Waals surface area contributed by atoms with Gasteiger partial charge >= 0.3 is 0 Å². The summed E-state index contributed by atoms with van der Waals surface area (Å²) in [7, 11) is 0. The Labute approximate surface area is 124 Å². The van der Waals surface area contributed by atoms with Gasteiger partial charge in [-0.05, 0) is 36.0 Å². The van der Waals surface area contributed by atoms with Crippen molar-refractivity contribution in [1.82, 2.24) is 5.16 Å². The number of benzene rings is 1. The van der Waals surface area contributed by atoms with Crippen LogP contribution in [-0.4, -0.2) is 17.7 Å². The molecule has 0 unspecified atom stereocenters. The quantitative estimate of drug-likeness (QED) is 0.887. The number of nitrogens with one attached hydrogen (secondary N) is 1. The monoisotopic (exact) mass is 288 g/mol. The molecule has 2 aromatic rings. The maximum Gasteiger partial charge on any atom is 0.262 e. The fraction of sp³-hybridized carbons (Fsp3) is 0.375. The van der Waals surface area contributed by atoms with Gasteiger partial charge in [0.15, 0.2) is 6.61 Å². The van der Waals surface area contributed by atoms with Crippen LogP contribution in [0.25, 0.3) is 0 Å². The van der Waals surface area contributed by atoms with E-state index in [-0.39, 0.29) is 12.5 Å². The molecule has 0 spiro atoms. The summed E-state index contributed by atoms with van der Waals surface area (Å²) in [6.07, 6.45) is 1.74. The Morgan fingerprint density at radius 2 is 1.95 bits per heavy atom. The molecule has 0 aliphatic heterocycles. The van der Waals surface area contributed by atoms with Crippen LogP contribution in [0.4, 0.5) is 5.69 Å². The van der Waals surface area contributed by atoms with Crippen molar-refractivity contribution in [3.05, 3.63) is 41.2 Å². The first-order valence-corrected chi connectivity index (χ1v) is 7.10. The number of carbonyl (C=O) groups excluding carboxylic acids is 1. The number of para-hydroxylation sites is 1. The van der Waals surface area contributed by atoms with Crippen LogP contribution in [0.1, 0.15) is 30.7 Å². The number of nitrogens with zero attached hydrogens (tertiary/aromatic N) is 1. The van der Waals surface area contributed by atoms with E-state index in [1.807, 2.05) is 18.2 Å². The summed E-state index contributed by atoms with van der Waals surface area (Å²) in [4.78, 5) is 12.0. The third kappa shape index (κ3) is 3.84. The molecule has 0 saturated heterocycles. The van der Waals surface area contributed by atoms with Gasteiger partial charge in [0, 0.05) is 11.8 Å². The van der Waals surface area contributed by atoms with Gasteiger partial charge in [0.05, 0.1) is 0 Å². The van der Waals surface area contributed by atoms with Crippen LogP contribution in [0.15, 0.2) is 28.8 Å². The van der Waals surface area contributed by atoms with E-state index in [1.54, 1.807) is 13.0 Å². The Kier molecular flexibility index (Phi) is 4.98. The minimum atomic E-state index is -0.203. The van der Waals surface area contributed by atoms with Crippen molar-refractivity contribution < 1.29 is 14.1 Å². The Bertz CT molecular complexity index is 597. The number of anilines is 1. The summed E-state index contributed by atoms with van der Waals surface area (Å²) in [6.45, 7) is 5.82. The second-order valence-electron chi connectivity index (χ2n) is 4.77. The number of aryl methyl sites for hydroxylation is 3. The van der Waals surface area contributed by atoms with Crippen LogP contribution >= 0.6 is 0 Å². The Hall–Kier alpha value is -2.30. The van der Waals surface area contributed by atoms with Crippen molar-refractivity contribution in [2.45, 2.75) is 33.6 Å². The summed E-state index contributed by atoms with van der Waals surface area (Å²) in [6, 6.07) is 7.71. The van der Waals surface area contributed by atoms with Gasteiger partial charge in [-0.15, -0.1) is 0 Å². The summed E-state index contributed by atoms with van der Waals surface area (Å²) >= 11 is 0. The third-order valence-electron chi connectivity index (χ3n) is 3.22. The zero-order valence-electron chi connectivity index (χ0n) is 12.6. The highest BCUT2D eigenvalue weighted by atomic mass is 16.5. The maximum absolute atomic E-state index is 12.0. The molecule has 21 heavy (non-hydrogen) atoms. The molecule has 0 radical (unpaired) electrons. The molecule has 0 aliphatic carbocycles. The molecule has 0 saturated carbocycles. The SMILES string of the molecule is CCc1cccc(CC)c1NC(=O)COc1cc(C)on1. The van der Waals surface area contributed by atoms with E-state index >= 15 is 0 Å². The Balaban J connectivity index is 2.02. The molecule has 1 N–H and O–H groups in total. The fourth-order valence-electron chi connectivity index (χ4n) is 2.13. The lowest BCUT2D eigenvalue weighted by Gasteiger charge is -2.14. The second kappa shape index (κ2) is 6.92.